The molecule has 1 fully saturated rings. The second kappa shape index (κ2) is 4.33. The van der Waals surface area contributed by atoms with Gasteiger partial charge in [-0.15, -0.1) is 0 Å². The predicted molar refractivity (Wildman–Crippen MR) is 58.6 cm³/mol. The molecule has 0 radical (unpaired) electrons. The molecule has 0 aliphatic heterocycles. The van der Waals surface area contributed by atoms with Gasteiger partial charge in [-0.1, -0.05) is 0 Å². The molecule has 1 aromatic heterocycles. The maximum atomic E-state index is 9.30. The Morgan fingerprint density at radius 1 is 1.60 bits per heavy atom. The van der Waals surface area contributed by atoms with Crippen LogP contribution in [0.15, 0.2) is 12.4 Å². The van der Waals surface area contributed by atoms with Gasteiger partial charge in [0.05, 0.1) is 18.8 Å². The van der Waals surface area contributed by atoms with E-state index >= 15 is 0 Å². The van der Waals surface area contributed by atoms with Crippen LogP contribution in [0.3, 0.4) is 0 Å². The Labute approximate surface area is 90.3 Å². The number of aliphatic hydroxyl groups excluding tert-OH is 1. The Kier molecular flexibility index (Phi) is 3.07. The van der Waals surface area contributed by atoms with E-state index in [0.717, 1.165) is 5.56 Å². The molecular weight excluding hydrogens is 190 g/mol. The molecule has 1 aliphatic rings. The zero-order valence-corrected chi connectivity index (χ0v) is 9.35. The molecule has 2 N–H and O–H groups in total. The van der Waals surface area contributed by atoms with E-state index in [1.807, 2.05) is 17.1 Å². The van der Waals surface area contributed by atoms with Crippen molar-refractivity contribution >= 4 is 0 Å². The normalized spacial score (nSPS) is 18.4. The molecule has 1 unspecified atom stereocenters. The second-order valence-corrected chi connectivity index (χ2v) is 4.52. The molecule has 0 bridgehead atoms. The summed E-state index contributed by atoms with van der Waals surface area (Å²) in [6.07, 6.45) is 6.32. The highest BCUT2D eigenvalue weighted by molar-refractivity contribution is 5.12. The molecule has 4 heteroatoms. The van der Waals surface area contributed by atoms with Crippen molar-refractivity contribution in [3.8, 4) is 0 Å². The van der Waals surface area contributed by atoms with Crippen LogP contribution in [0.5, 0.6) is 0 Å². The van der Waals surface area contributed by atoms with Crippen LogP contribution >= 0.6 is 0 Å². The fraction of sp³-hybridized carbons (Fsp3) is 0.727. The molecule has 1 atom stereocenters. The Morgan fingerprint density at radius 2 is 2.33 bits per heavy atom. The van der Waals surface area contributed by atoms with E-state index in [4.69, 9.17) is 0 Å². The van der Waals surface area contributed by atoms with Gasteiger partial charge >= 0.3 is 0 Å². The van der Waals surface area contributed by atoms with E-state index in [9.17, 15) is 5.11 Å². The third-order valence-electron chi connectivity index (χ3n) is 2.75. The van der Waals surface area contributed by atoms with Crippen molar-refractivity contribution in [2.24, 2.45) is 0 Å². The summed E-state index contributed by atoms with van der Waals surface area (Å²) in [4.78, 5) is 0. The van der Waals surface area contributed by atoms with E-state index in [-0.39, 0.29) is 12.6 Å². The lowest BCUT2D eigenvalue weighted by atomic mass is 10.2. The number of hydrogen-bond acceptors (Lipinski definition) is 3. The highest BCUT2D eigenvalue weighted by Gasteiger charge is 2.25. The Morgan fingerprint density at radius 3 is 2.80 bits per heavy atom. The summed E-state index contributed by atoms with van der Waals surface area (Å²) >= 11 is 0. The molecule has 15 heavy (non-hydrogen) atoms. The SMILES string of the molecule is CC(C)n1cc(C(CO)NC2CC2)cn1. The number of nitrogens with one attached hydrogen (secondary N) is 1. The maximum Gasteiger partial charge on any atom is 0.0627 e. The summed E-state index contributed by atoms with van der Waals surface area (Å²) in [5.41, 5.74) is 1.08. The van der Waals surface area contributed by atoms with Gasteiger partial charge in [0.15, 0.2) is 0 Å². The average Bonchev–Trinajstić information content (AvgIpc) is 2.89. The van der Waals surface area contributed by atoms with Crippen LogP contribution in [-0.2, 0) is 0 Å². The molecule has 1 aromatic rings. The van der Waals surface area contributed by atoms with Crippen LogP contribution in [0.1, 0.15) is 44.3 Å². The lowest BCUT2D eigenvalue weighted by molar-refractivity contribution is 0.243. The van der Waals surface area contributed by atoms with Gasteiger partial charge in [0.1, 0.15) is 0 Å². The molecule has 0 saturated heterocycles. The fourth-order valence-electron chi connectivity index (χ4n) is 1.60. The first-order valence-electron chi connectivity index (χ1n) is 5.61. The summed E-state index contributed by atoms with van der Waals surface area (Å²) in [6.45, 7) is 4.33. The lowest BCUT2D eigenvalue weighted by Gasteiger charge is -2.13. The summed E-state index contributed by atoms with van der Waals surface area (Å²) in [5, 5.41) is 17.0. The smallest absolute Gasteiger partial charge is 0.0627 e. The van der Waals surface area contributed by atoms with Crippen LogP contribution in [0, 0.1) is 0 Å². The quantitative estimate of drug-likeness (QED) is 0.767. The van der Waals surface area contributed by atoms with Crippen LogP contribution in [0.25, 0.3) is 0 Å². The first-order chi connectivity index (χ1) is 7.20. The van der Waals surface area contributed by atoms with Gasteiger partial charge in [-0.25, -0.2) is 0 Å². The van der Waals surface area contributed by atoms with Crippen molar-refractivity contribution in [2.75, 3.05) is 6.61 Å². The Bertz CT molecular complexity index is 317. The van der Waals surface area contributed by atoms with Crippen molar-refractivity contribution < 1.29 is 5.11 Å². The first-order valence-corrected chi connectivity index (χ1v) is 5.61. The van der Waals surface area contributed by atoms with E-state index < -0.39 is 0 Å². The third kappa shape index (κ3) is 2.58. The zero-order chi connectivity index (χ0) is 10.8. The number of aromatic nitrogens is 2. The number of nitrogens with zero attached hydrogens (tertiary/aromatic N) is 2. The molecule has 0 aromatic carbocycles. The molecule has 2 rings (SSSR count). The van der Waals surface area contributed by atoms with E-state index in [0.29, 0.717) is 12.1 Å². The Hall–Kier alpha value is -0.870. The summed E-state index contributed by atoms with van der Waals surface area (Å²) < 4.78 is 1.92. The largest absolute Gasteiger partial charge is 0.394 e. The minimum Gasteiger partial charge on any atom is -0.394 e. The highest BCUT2D eigenvalue weighted by Crippen LogP contribution is 2.24. The molecule has 0 amide bonds. The van der Waals surface area contributed by atoms with Gasteiger partial charge in [-0.3, -0.25) is 4.68 Å². The highest BCUT2D eigenvalue weighted by atomic mass is 16.3. The minimum absolute atomic E-state index is 0.0463. The number of hydrogen-bond donors (Lipinski definition) is 2. The number of rotatable bonds is 5. The van der Waals surface area contributed by atoms with E-state index in [1.54, 1.807) is 0 Å². The molecular formula is C11H19N3O. The van der Waals surface area contributed by atoms with Gasteiger partial charge in [-0.2, -0.15) is 5.10 Å². The molecule has 1 aliphatic carbocycles. The summed E-state index contributed by atoms with van der Waals surface area (Å²) in [7, 11) is 0. The molecule has 4 nitrogen and oxygen atoms in total. The van der Waals surface area contributed by atoms with E-state index in [2.05, 4.69) is 24.3 Å². The number of aliphatic hydroxyl groups is 1. The topological polar surface area (TPSA) is 50.1 Å². The van der Waals surface area contributed by atoms with Gasteiger partial charge in [-0.05, 0) is 26.7 Å². The maximum absolute atomic E-state index is 9.30. The van der Waals surface area contributed by atoms with Crippen LogP contribution in [-0.4, -0.2) is 27.5 Å². The van der Waals surface area contributed by atoms with Crippen molar-refractivity contribution in [1.29, 1.82) is 0 Å². The third-order valence-corrected chi connectivity index (χ3v) is 2.75. The first kappa shape index (κ1) is 10.6. The minimum atomic E-state index is 0.0463. The van der Waals surface area contributed by atoms with Gasteiger partial charge in [0.25, 0.3) is 0 Å². The van der Waals surface area contributed by atoms with Crippen molar-refractivity contribution in [3.63, 3.8) is 0 Å². The second-order valence-electron chi connectivity index (χ2n) is 4.52. The average molecular weight is 209 g/mol. The van der Waals surface area contributed by atoms with Gasteiger partial charge in [0.2, 0.25) is 0 Å². The summed E-state index contributed by atoms with van der Waals surface area (Å²) in [5.74, 6) is 0. The lowest BCUT2D eigenvalue weighted by Crippen LogP contribution is -2.25. The van der Waals surface area contributed by atoms with Crippen molar-refractivity contribution in [1.82, 2.24) is 15.1 Å². The standard InChI is InChI=1S/C11H19N3O/c1-8(2)14-6-9(5-12-14)11(7-15)13-10-3-4-10/h5-6,8,10-11,13,15H,3-4,7H2,1-2H3. The van der Waals surface area contributed by atoms with E-state index in [1.165, 1.54) is 12.8 Å². The Balaban J connectivity index is 2.04. The molecule has 84 valence electrons. The van der Waals surface area contributed by atoms with Crippen molar-refractivity contribution in [2.45, 2.75) is 44.8 Å². The van der Waals surface area contributed by atoms with Crippen LogP contribution in [0.4, 0.5) is 0 Å². The van der Waals surface area contributed by atoms with Crippen molar-refractivity contribution in [3.05, 3.63) is 18.0 Å². The molecule has 1 saturated carbocycles. The fourth-order valence-corrected chi connectivity index (χ4v) is 1.60. The zero-order valence-electron chi connectivity index (χ0n) is 9.35. The van der Waals surface area contributed by atoms with Gasteiger partial charge < -0.3 is 10.4 Å². The van der Waals surface area contributed by atoms with Gasteiger partial charge in [0, 0.05) is 23.8 Å². The monoisotopic (exact) mass is 209 g/mol. The summed E-state index contributed by atoms with van der Waals surface area (Å²) in [6, 6.07) is 1.02. The molecule has 0 spiro atoms. The van der Waals surface area contributed by atoms with Crippen LogP contribution in [0.2, 0.25) is 0 Å². The predicted octanol–water partition coefficient (Wildman–Crippen LogP) is 1.25. The molecule has 1 heterocycles. The van der Waals surface area contributed by atoms with Crippen LogP contribution < -0.4 is 5.32 Å².